The van der Waals surface area contributed by atoms with Crippen LogP contribution in [0.1, 0.15) is 33.6 Å². The zero-order valence-corrected chi connectivity index (χ0v) is 15.3. The highest BCUT2D eigenvalue weighted by Gasteiger charge is 2.30. The van der Waals surface area contributed by atoms with Crippen LogP contribution in [0.15, 0.2) is 54.6 Å². The molecule has 1 heterocycles. The first-order valence-electron chi connectivity index (χ1n) is 8.84. The van der Waals surface area contributed by atoms with E-state index in [4.69, 9.17) is 0 Å². The first-order chi connectivity index (χ1) is 14.0. The van der Waals surface area contributed by atoms with Gasteiger partial charge in [0.1, 0.15) is 0 Å². The van der Waals surface area contributed by atoms with E-state index in [1.165, 1.54) is 24.3 Å². The van der Waals surface area contributed by atoms with Crippen molar-refractivity contribution in [2.45, 2.75) is 12.8 Å². The molecule has 1 fully saturated rings. The summed E-state index contributed by atoms with van der Waals surface area (Å²) in [7, 11) is 0. The summed E-state index contributed by atoms with van der Waals surface area (Å²) < 4.78 is 0. The van der Waals surface area contributed by atoms with E-state index >= 15 is 0 Å². The summed E-state index contributed by atoms with van der Waals surface area (Å²) in [5.41, 5.74) is 5.46. The minimum Gasteiger partial charge on any atom is -0.343 e. The summed E-state index contributed by atoms with van der Waals surface area (Å²) in [5.74, 6) is -2.16. The topological polar surface area (TPSA) is 125 Å². The number of anilines is 1. The zero-order chi connectivity index (χ0) is 20.8. The molecule has 2 aromatic rings. The zero-order valence-electron chi connectivity index (χ0n) is 15.3. The van der Waals surface area contributed by atoms with Gasteiger partial charge in [0.2, 0.25) is 11.8 Å². The summed E-state index contributed by atoms with van der Waals surface area (Å²) in [6.45, 7) is -0.313. The van der Waals surface area contributed by atoms with Crippen molar-refractivity contribution in [2.75, 3.05) is 11.4 Å². The third-order valence-corrected chi connectivity index (χ3v) is 4.20. The molecule has 1 aliphatic rings. The smallest absolute Gasteiger partial charge is 0.269 e. The van der Waals surface area contributed by atoms with Gasteiger partial charge in [0.25, 0.3) is 17.7 Å². The molecule has 148 valence electrons. The van der Waals surface area contributed by atoms with Gasteiger partial charge in [-0.15, -0.1) is 0 Å². The van der Waals surface area contributed by atoms with Gasteiger partial charge < -0.3 is 5.32 Å². The Morgan fingerprint density at radius 3 is 1.97 bits per heavy atom. The number of nitrogens with zero attached hydrogens (tertiary/aromatic N) is 1. The number of nitrogens with one attached hydrogen (secondary N) is 3. The highest BCUT2D eigenvalue weighted by molar-refractivity contribution is 6.19. The predicted molar refractivity (Wildman–Crippen MR) is 103 cm³/mol. The van der Waals surface area contributed by atoms with Gasteiger partial charge in [0.05, 0.1) is 12.2 Å². The van der Waals surface area contributed by atoms with E-state index in [2.05, 4.69) is 16.2 Å². The fourth-order valence-corrected chi connectivity index (χ4v) is 2.72. The van der Waals surface area contributed by atoms with E-state index in [0.29, 0.717) is 11.3 Å². The van der Waals surface area contributed by atoms with Crippen LogP contribution in [0.4, 0.5) is 5.69 Å². The Kier molecular flexibility index (Phi) is 5.98. The van der Waals surface area contributed by atoms with Crippen LogP contribution in [0.3, 0.4) is 0 Å². The molecule has 2 aromatic carbocycles. The normalized spacial score (nSPS) is 13.2. The van der Waals surface area contributed by atoms with Crippen LogP contribution in [-0.4, -0.2) is 36.1 Å². The van der Waals surface area contributed by atoms with Gasteiger partial charge in [-0.2, -0.15) is 0 Å². The number of hydrogen-bond acceptors (Lipinski definition) is 5. The molecule has 9 nitrogen and oxygen atoms in total. The summed E-state index contributed by atoms with van der Waals surface area (Å²) in [4.78, 5) is 60.3. The van der Waals surface area contributed by atoms with E-state index in [0.717, 1.165) is 4.90 Å². The Labute approximate surface area is 166 Å². The van der Waals surface area contributed by atoms with Crippen LogP contribution < -0.4 is 21.1 Å². The van der Waals surface area contributed by atoms with Gasteiger partial charge in [-0.3, -0.25) is 39.7 Å². The van der Waals surface area contributed by atoms with Crippen molar-refractivity contribution >= 4 is 35.2 Å². The van der Waals surface area contributed by atoms with Crippen LogP contribution in [0.2, 0.25) is 0 Å². The van der Waals surface area contributed by atoms with Crippen molar-refractivity contribution in [1.82, 2.24) is 16.2 Å². The molecule has 0 bridgehead atoms. The Morgan fingerprint density at radius 1 is 0.759 bits per heavy atom. The molecular weight excluding hydrogens is 376 g/mol. The SMILES string of the molecule is O=C(CNC(=O)c1ccccc1)NNC(=O)c1ccc(N2C(=O)CCC2=O)cc1. The van der Waals surface area contributed by atoms with Gasteiger partial charge >= 0.3 is 0 Å². The lowest BCUT2D eigenvalue weighted by Crippen LogP contribution is -2.46. The average molecular weight is 394 g/mol. The molecule has 9 heteroatoms. The minimum absolute atomic E-state index is 0.175. The number of carbonyl (C=O) groups excluding carboxylic acids is 5. The largest absolute Gasteiger partial charge is 0.343 e. The molecule has 3 N–H and O–H groups in total. The third kappa shape index (κ3) is 4.83. The molecular formula is C20H18N4O5. The molecule has 0 unspecified atom stereocenters. The average Bonchev–Trinajstić information content (AvgIpc) is 3.09. The molecule has 0 aliphatic carbocycles. The molecule has 0 aromatic heterocycles. The second-order valence-electron chi connectivity index (χ2n) is 6.22. The molecule has 0 radical (unpaired) electrons. The molecule has 1 aliphatic heterocycles. The van der Waals surface area contributed by atoms with Gasteiger partial charge in [-0.25, -0.2) is 0 Å². The first kappa shape index (κ1) is 19.7. The van der Waals surface area contributed by atoms with Crippen molar-refractivity contribution in [1.29, 1.82) is 0 Å². The molecule has 0 spiro atoms. The number of carbonyl (C=O) groups is 5. The third-order valence-electron chi connectivity index (χ3n) is 4.20. The maximum Gasteiger partial charge on any atom is 0.269 e. The Bertz CT molecular complexity index is 941. The molecule has 3 rings (SSSR count). The van der Waals surface area contributed by atoms with Crippen molar-refractivity contribution in [2.24, 2.45) is 0 Å². The molecule has 0 saturated carbocycles. The number of rotatable bonds is 5. The van der Waals surface area contributed by atoms with Crippen LogP contribution in [0, 0.1) is 0 Å². The first-order valence-corrected chi connectivity index (χ1v) is 8.84. The van der Waals surface area contributed by atoms with Crippen molar-refractivity contribution in [3.05, 3.63) is 65.7 Å². The van der Waals surface area contributed by atoms with Gasteiger partial charge in [0.15, 0.2) is 0 Å². The Morgan fingerprint density at radius 2 is 1.34 bits per heavy atom. The van der Waals surface area contributed by atoms with Gasteiger partial charge in [-0.05, 0) is 36.4 Å². The Balaban J connectivity index is 1.47. The molecule has 0 atom stereocenters. The summed E-state index contributed by atoms with van der Waals surface area (Å²) in [6, 6.07) is 14.2. The Hall–Kier alpha value is -4.01. The van der Waals surface area contributed by atoms with Crippen LogP contribution in [0.25, 0.3) is 0 Å². The second kappa shape index (κ2) is 8.79. The number of hydrogen-bond donors (Lipinski definition) is 3. The van der Waals surface area contributed by atoms with E-state index in [1.807, 2.05) is 0 Å². The van der Waals surface area contributed by atoms with E-state index in [1.54, 1.807) is 30.3 Å². The predicted octanol–water partition coefficient (Wildman–Crippen LogP) is 0.531. The number of amides is 5. The summed E-state index contributed by atoms with van der Waals surface area (Å²) in [6.07, 6.45) is 0.349. The second-order valence-corrected chi connectivity index (χ2v) is 6.22. The van der Waals surface area contributed by atoms with Gasteiger partial charge in [0, 0.05) is 24.0 Å². The van der Waals surface area contributed by atoms with Crippen molar-refractivity contribution in [3.8, 4) is 0 Å². The standard InChI is InChI=1S/C20H18N4O5/c25-16(12-21-19(28)13-4-2-1-3-5-13)22-23-20(29)14-6-8-15(9-7-14)24-17(26)10-11-18(24)27/h1-9H,10-12H2,(H,21,28)(H,22,25)(H,23,29). The lowest BCUT2D eigenvalue weighted by atomic mass is 10.2. The van der Waals surface area contributed by atoms with Crippen molar-refractivity contribution < 1.29 is 24.0 Å². The van der Waals surface area contributed by atoms with Gasteiger partial charge in [-0.1, -0.05) is 18.2 Å². The van der Waals surface area contributed by atoms with Crippen LogP contribution in [0.5, 0.6) is 0 Å². The molecule has 5 amide bonds. The summed E-state index contributed by atoms with van der Waals surface area (Å²) in [5, 5.41) is 2.44. The monoisotopic (exact) mass is 394 g/mol. The highest BCUT2D eigenvalue weighted by Crippen LogP contribution is 2.22. The van der Waals surface area contributed by atoms with Crippen LogP contribution in [-0.2, 0) is 14.4 Å². The molecule has 29 heavy (non-hydrogen) atoms. The van der Waals surface area contributed by atoms with E-state index in [-0.39, 0.29) is 36.8 Å². The minimum atomic E-state index is -0.604. The fourth-order valence-electron chi connectivity index (χ4n) is 2.72. The van der Waals surface area contributed by atoms with Crippen molar-refractivity contribution in [3.63, 3.8) is 0 Å². The highest BCUT2D eigenvalue weighted by atomic mass is 16.2. The van der Waals surface area contributed by atoms with Crippen LogP contribution >= 0.6 is 0 Å². The van der Waals surface area contributed by atoms with E-state index < -0.39 is 17.7 Å². The number of hydrazine groups is 1. The lowest BCUT2D eigenvalue weighted by molar-refractivity contribution is -0.122. The van der Waals surface area contributed by atoms with E-state index in [9.17, 15) is 24.0 Å². The summed E-state index contributed by atoms with van der Waals surface area (Å²) >= 11 is 0. The fraction of sp³-hybridized carbons (Fsp3) is 0.150. The quantitative estimate of drug-likeness (QED) is 0.504. The lowest BCUT2D eigenvalue weighted by Gasteiger charge is -2.14. The maximum atomic E-state index is 12.1. The maximum absolute atomic E-state index is 12.1. The number of benzene rings is 2. The number of imide groups is 1. The molecule has 1 saturated heterocycles.